The first-order valence-electron chi connectivity index (χ1n) is 6.78. The number of benzene rings is 2. The summed E-state index contributed by atoms with van der Waals surface area (Å²) in [6.45, 7) is 2.25. The predicted octanol–water partition coefficient (Wildman–Crippen LogP) is 2.13. The summed E-state index contributed by atoms with van der Waals surface area (Å²) < 4.78 is 32.9. The molecule has 0 aromatic heterocycles. The van der Waals surface area contributed by atoms with Gasteiger partial charge < -0.3 is 10.5 Å². The molecule has 0 aliphatic heterocycles. The Labute approximate surface area is 125 Å². The van der Waals surface area contributed by atoms with E-state index in [1.165, 1.54) is 0 Å². The number of methoxy groups -OCH3 is 1. The minimum Gasteiger partial charge on any atom is -0.398 e. The number of nitrogens with two attached hydrogens (primary N) is 1. The first-order valence-corrected chi connectivity index (χ1v) is 8.26. The Morgan fingerprint density at radius 2 is 1.86 bits per heavy atom. The lowest BCUT2D eigenvalue weighted by atomic mass is 10.1. The molecule has 0 fully saturated rings. The molecular weight excluding hydrogens is 288 g/mol. The van der Waals surface area contributed by atoms with E-state index in [0.717, 1.165) is 5.39 Å². The van der Waals surface area contributed by atoms with Gasteiger partial charge in [-0.1, -0.05) is 31.2 Å². The van der Waals surface area contributed by atoms with Crippen LogP contribution in [0.15, 0.2) is 41.3 Å². The Kier molecular flexibility index (Phi) is 4.82. The Balaban J connectivity index is 2.48. The summed E-state index contributed by atoms with van der Waals surface area (Å²) in [5.41, 5.74) is 6.47. The van der Waals surface area contributed by atoms with E-state index >= 15 is 0 Å². The Morgan fingerprint density at radius 3 is 2.48 bits per heavy atom. The van der Waals surface area contributed by atoms with Crippen molar-refractivity contribution >= 4 is 26.5 Å². The SMILES string of the molecule is CCC(COC)NS(=O)(=O)c1ccc(N)c2ccccc12. The van der Waals surface area contributed by atoms with Crippen molar-refractivity contribution in [3.8, 4) is 0 Å². The van der Waals surface area contributed by atoms with Crippen molar-refractivity contribution in [3.05, 3.63) is 36.4 Å². The van der Waals surface area contributed by atoms with Crippen molar-refractivity contribution in [2.75, 3.05) is 19.5 Å². The van der Waals surface area contributed by atoms with E-state index in [0.29, 0.717) is 24.1 Å². The van der Waals surface area contributed by atoms with E-state index in [-0.39, 0.29) is 10.9 Å². The fourth-order valence-electron chi connectivity index (χ4n) is 2.25. The van der Waals surface area contributed by atoms with Crippen LogP contribution < -0.4 is 10.5 Å². The van der Waals surface area contributed by atoms with Crippen molar-refractivity contribution in [1.82, 2.24) is 4.72 Å². The fraction of sp³-hybridized carbons (Fsp3) is 0.333. The summed E-state index contributed by atoms with van der Waals surface area (Å²) in [5, 5.41) is 1.36. The molecule has 5 nitrogen and oxygen atoms in total. The zero-order valence-corrected chi connectivity index (χ0v) is 13.0. The third-order valence-corrected chi connectivity index (χ3v) is 4.97. The second-order valence-corrected chi connectivity index (χ2v) is 6.56. The van der Waals surface area contributed by atoms with Crippen molar-refractivity contribution in [2.45, 2.75) is 24.3 Å². The summed E-state index contributed by atoms with van der Waals surface area (Å²) in [5.74, 6) is 0. The Morgan fingerprint density at radius 1 is 1.19 bits per heavy atom. The molecule has 114 valence electrons. The average Bonchev–Trinajstić information content (AvgIpc) is 2.47. The molecule has 2 aromatic carbocycles. The fourth-order valence-corrected chi connectivity index (χ4v) is 3.76. The van der Waals surface area contributed by atoms with Crippen LogP contribution in [-0.4, -0.2) is 28.2 Å². The number of nitrogen functional groups attached to an aromatic ring is 1. The monoisotopic (exact) mass is 308 g/mol. The van der Waals surface area contributed by atoms with Crippen LogP contribution in [-0.2, 0) is 14.8 Å². The van der Waals surface area contributed by atoms with Gasteiger partial charge in [0.15, 0.2) is 0 Å². The Bertz CT molecular complexity index is 729. The van der Waals surface area contributed by atoms with Crippen molar-refractivity contribution < 1.29 is 13.2 Å². The maximum atomic E-state index is 12.6. The number of hydrogen-bond acceptors (Lipinski definition) is 4. The van der Waals surface area contributed by atoms with Gasteiger partial charge in [-0.25, -0.2) is 13.1 Å². The maximum Gasteiger partial charge on any atom is 0.241 e. The Hall–Kier alpha value is -1.63. The van der Waals surface area contributed by atoms with E-state index in [1.54, 1.807) is 31.4 Å². The molecule has 0 amide bonds. The molecule has 3 N–H and O–H groups in total. The van der Waals surface area contributed by atoms with Crippen LogP contribution in [0.25, 0.3) is 10.8 Å². The standard InChI is InChI=1S/C15H20N2O3S/c1-3-11(10-20-2)17-21(18,19)15-9-8-14(16)12-6-4-5-7-13(12)15/h4-9,11,17H,3,10,16H2,1-2H3. The van der Waals surface area contributed by atoms with Crippen LogP contribution >= 0.6 is 0 Å². The van der Waals surface area contributed by atoms with E-state index in [1.807, 2.05) is 19.1 Å². The highest BCUT2D eigenvalue weighted by atomic mass is 32.2. The van der Waals surface area contributed by atoms with Crippen molar-refractivity contribution in [3.63, 3.8) is 0 Å². The number of rotatable bonds is 6. The molecule has 21 heavy (non-hydrogen) atoms. The largest absolute Gasteiger partial charge is 0.398 e. The van der Waals surface area contributed by atoms with Crippen LogP contribution in [0.5, 0.6) is 0 Å². The molecule has 1 unspecified atom stereocenters. The molecule has 6 heteroatoms. The van der Waals surface area contributed by atoms with Gasteiger partial charge in [-0.3, -0.25) is 0 Å². The van der Waals surface area contributed by atoms with Crippen LogP contribution in [0.1, 0.15) is 13.3 Å². The highest BCUT2D eigenvalue weighted by Crippen LogP contribution is 2.27. The van der Waals surface area contributed by atoms with Crippen LogP contribution in [0.2, 0.25) is 0 Å². The molecule has 1 atom stereocenters. The first-order chi connectivity index (χ1) is 9.99. The lowest BCUT2D eigenvalue weighted by Gasteiger charge is -2.17. The van der Waals surface area contributed by atoms with Gasteiger partial charge in [0, 0.05) is 29.6 Å². The lowest BCUT2D eigenvalue weighted by Crippen LogP contribution is -2.37. The van der Waals surface area contributed by atoms with Crippen molar-refractivity contribution in [2.24, 2.45) is 0 Å². The van der Waals surface area contributed by atoms with E-state index < -0.39 is 10.0 Å². The number of anilines is 1. The van der Waals surface area contributed by atoms with Gasteiger partial charge in [0.1, 0.15) is 0 Å². The van der Waals surface area contributed by atoms with Gasteiger partial charge in [-0.15, -0.1) is 0 Å². The van der Waals surface area contributed by atoms with Gasteiger partial charge in [-0.05, 0) is 18.6 Å². The molecule has 0 heterocycles. The van der Waals surface area contributed by atoms with Gasteiger partial charge in [0.25, 0.3) is 0 Å². The van der Waals surface area contributed by atoms with Gasteiger partial charge >= 0.3 is 0 Å². The topological polar surface area (TPSA) is 81.4 Å². The zero-order valence-electron chi connectivity index (χ0n) is 12.2. The van der Waals surface area contributed by atoms with E-state index in [4.69, 9.17) is 10.5 Å². The second kappa shape index (κ2) is 6.43. The predicted molar refractivity (Wildman–Crippen MR) is 84.6 cm³/mol. The third kappa shape index (κ3) is 3.34. The van der Waals surface area contributed by atoms with Crippen LogP contribution in [0.4, 0.5) is 5.69 Å². The van der Waals surface area contributed by atoms with Gasteiger partial charge in [0.05, 0.1) is 11.5 Å². The molecular formula is C15H20N2O3S. The summed E-state index contributed by atoms with van der Waals surface area (Å²) >= 11 is 0. The zero-order chi connectivity index (χ0) is 15.5. The molecule has 2 rings (SSSR count). The van der Waals surface area contributed by atoms with Gasteiger partial charge in [0.2, 0.25) is 10.0 Å². The molecule has 0 aliphatic rings. The third-order valence-electron chi connectivity index (χ3n) is 3.39. The molecule has 0 radical (unpaired) electrons. The first kappa shape index (κ1) is 15.8. The van der Waals surface area contributed by atoms with Crippen molar-refractivity contribution in [1.29, 1.82) is 0 Å². The molecule has 0 saturated heterocycles. The maximum absolute atomic E-state index is 12.6. The quantitative estimate of drug-likeness (QED) is 0.801. The number of ether oxygens (including phenoxy) is 1. The number of sulfonamides is 1. The number of nitrogens with one attached hydrogen (secondary N) is 1. The summed E-state index contributed by atoms with van der Waals surface area (Å²) in [6, 6.07) is 10.1. The number of fused-ring (bicyclic) bond motifs is 1. The molecule has 0 spiro atoms. The molecule has 0 bridgehead atoms. The molecule has 0 aliphatic carbocycles. The summed E-state index contributed by atoms with van der Waals surface area (Å²) in [7, 11) is -2.07. The van der Waals surface area contributed by atoms with E-state index in [9.17, 15) is 8.42 Å². The van der Waals surface area contributed by atoms with E-state index in [2.05, 4.69) is 4.72 Å². The average molecular weight is 308 g/mol. The molecule has 0 saturated carbocycles. The lowest BCUT2D eigenvalue weighted by molar-refractivity contribution is 0.173. The summed E-state index contributed by atoms with van der Waals surface area (Å²) in [4.78, 5) is 0.238. The minimum atomic E-state index is -3.62. The smallest absolute Gasteiger partial charge is 0.241 e. The molecule has 2 aromatic rings. The highest BCUT2D eigenvalue weighted by Gasteiger charge is 2.21. The van der Waals surface area contributed by atoms with Gasteiger partial charge in [-0.2, -0.15) is 0 Å². The normalized spacial score (nSPS) is 13.4. The summed E-state index contributed by atoms with van der Waals surface area (Å²) in [6.07, 6.45) is 0.653. The second-order valence-electron chi connectivity index (χ2n) is 4.88. The minimum absolute atomic E-state index is 0.238. The highest BCUT2D eigenvalue weighted by molar-refractivity contribution is 7.89. The van der Waals surface area contributed by atoms with Crippen LogP contribution in [0, 0.1) is 0 Å². The number of hydrogen-bond donors (Lipinski definition) is 2. The van der Waals surface area contributed by atoms with Crippen LogP contribution in [0.3, 0.4) is 0 Å².